The number of hydrogen-bond acceptors (Lipinski definition) is 5. The minimum atomic E-state index is -3.54. The first-order valence-electron chi connectivity index (χ1n) is 9.65. The first-order valence-corrected chi connectivity index (χ1v) is 11.1. The van der Waals surface area contributed by atoms with E-state index in [0.29, 0.717) is 18.8 Å². The lowest BCUT2D eigenvalue weighted by molar-refractivity contribution is -0.146. The Balaban J connectivity index is 1.50. The normalized spacial score (nSPS) is 14.8. The lowest BCUT2D eigenvalue weighted by Gasteiger charge is -2.25. The summed E-state index contributed by atoms with van der Waals surface area (Å²) in [5.41, 5.74) is 0.566. The molecule has 1 aliphatic rings. The Morgan fingerprint density at radius 3 is 2.33 bits per heavy atom. The molecule has 1 N–H and O–H groups in total. The van der Waals surface area contributed by atoms with Gasteiger partial charge in [0.05, 0.1) is 11.3 Å². The summed E-state index contributed by atoms with van der Waals surface area (Å²) in [5.74, 6) is -1.82. The molecule has 1 saturated heterocycles. The quantitative estimate of drug-likeness (QED) is 0.677. The molecule has 2 aromatic carbocycles. The summed E-state index contributed by atoms with van der Waals surface area (Å²) in [6.45, 7) is 0.499. The van der Waals surface area contributed by atoms with Gasteiger partial charge >= 0.3 is 5.97 Å². The van der Waals surface area contributed by atoms with Gasteiger partial charge < -0.3 is 10.1 Å². The van der Waals surface area contributed by atoms with Crippen molar-refractivity contribution < 1.29 is 27.1 Å². The first-order chi connectivity index (χ1) is 14.4. The second-order valence-corrected chi connectivity index (χ2v) is 8.90. The van der Waals surface area contributed by atoms with Gasteiger partial charge in [0.2, 0.25) is 10.0 Å². The molecule has 1 heterocycles. The predicted molar refractivity (Wildman–Crippen MR) is 109 cm³/mol. The van der Waals surface area contributed by atoms with Crippen molar-refractivity contribution >= 4 is 27.6 Å². The zero-order chi connectivity index (χ0) is 21.6. The maximum absolute atomic E-state index is 13.5. The van der Waals surface area contributed by atoms with Crippen LogP contribution in [0, 0.1) is 5.82 Å². The van der Waals surface area contributed by atoms with Crippen LogP contribution < -0.4 is 5.32 Å². The highest BCUT2D eigenvalue weighted by molar-refractivity contribution is 7.89. The lowest BCUT2D eigenvalue weighted by atomic mass is 10.1. The molecule has 9 heteroatoms. The number of sulfonamides is 1. The third kappa shape index (κ3) is 5.64. The number of nitrogens with zero attached hydrogens (tertiary/aromatic N) is 1. The van der Waals surface area contributed by atoms with E-state index >= 15 is 0 Å². The van der Waals surface area contributed by atoms with E-state index in [1.165, 1.54) is 46.8 Å². The number of esters is 1. The van der Waals surface area contributed by atoms with Crippen LogP contribution in [0.2, 0.25) is 0 Å². The third-order valence-electron chi connectivity index (χ3n) is 4.75. The molecular formula is C21H23FN2O5S. The highest BCUT2D eigenvalue weighted by Crippen LogP contribution is 2.22. The Morgan fingerprint density at radius 1 is 1.00 bits per heavy atom. The molecule has 1 aliphatic heterocycles. The van der Waals surface area contributed by atoms with E-state index < -0.39 is 34.3 Å². The number of nitrogens with one attached hydrogen (secondary N) is 1. The van der Waals surface area contributed by atoms with Crippen molar-refractivity contribution in [2.24, 2.45) is 0 Å². The van der Waals surface area contributed by atoms with E-state index in [1.807, 2.05) is 0 Å². The minimum Gasteiger partial charge on any atom is -0.455 e. The van der Waals surface area contributed by atoms with Gasteiger partial charge in [-0.2, -0.15) is 4.31 Å². The molecule has 7 nitrogen and oxygen atoms in total. The monoisotopic (exact) mass is 434 g/mol. The zero-order valence-electron chi connectivity index (χ0n) is 16.3. The Hall–Kier alpha value is -2.78. The summed E-state index contributed by atoms with van der Waals surface area (Å²) in [6.07, 6.45) is 2.46. The smallest absolute Gasteiger partial charge is 0.310 e. The topological polar surface area (TPSA) is 92.8 Å². The summed E-state index contributed by atoms with van der Waals surface area (Å²) in [6, 6.07) is 11.7. The molecule has 0 saturated carbocycles. The average Bonchev–Trinajstić information content (AvgIpc) is 2.75. The molecule has 0 spiro atoms. The van der Waals surface area contributed by atoms with Gasteiger partial charge in [-0.15, -0.1) is 0 Å². The Bertz CT molecular complexity index is 1000. The van der Waals surface area contributed by atoms with Gasteiger partial charge in [-0.3, -0.25) is 9.59 Å². The Morgan fingerprint density at radius 2 is 1.67 bits per heavy atom. The fraction of sp³-hybridized carbons (Fsp3) is 0.333. The molecule has 1 fully saturated rings. The van der Waals surface area contributed by atoms with Crippen molar-refractivity contribution in [1.29, 1.82) is 0 Å². The van der Waals surface area contributed by atoms with Crippen molar-refractivity contribution in [3.63, 3.8) is 0 Å². The first kappa shape index (κ1) is 21.9. The van der Waals surface area contributed by atoms with Crippen LogP contribution in [0.4, 0.5) is 10.1 Å². The number of carbonyl (C=O) groups is 2. The molecule has 1 amide bonds. The van der Waals surface area contributed by atoms with Crippen LogP contribution in [0.3, 0.4) is 0 Å². The minimum absolute atomic E-state index is 0.165. The van der Waals surface area contributed by atoms with Crippen molar-refractivity contribution in [1.82, 2.24) is 4.31 Å². The average molecular weight is 434 g/mol. The predicted octanol–water partition coefficient (Wildman–Crippen LogP) is 2.72. The fourth-order valence-electron chi connectivity index (χ4n) is 3.16. The van der Waals surface area contributed by atoms with Crippen molar-refractivity contribution in [3.8, 4) is 0 Å². The van der Waals surface area contributed by atoms with Crippen LogP contribution in [-0.2, 0) is 30.8 Å². The van der Waals surface area contributed by atoms with Crippen LogP contribution >= 0.6 is 0 Å². The van der Waals surface area contributed by atoms with E-state index in [9.17, 15) is 22.4 Å². The summed E-state index contributed by atoms with van der Waals surface area (Å²) >= 11 is 0. The van der Waals surface area contributed by atoms with Gasteiger partial charge in [0, 0.05) is 18.8 Å². The molecule has 2 aromatic rings. The third-order valence-corrected chi connectivity index (χ3v) is 6.66. The van der Waals surface area contributed by atoms with Crippen LogP contribution in [0.1, 0.15) is 24.8 Å². The summed E-state index contributed by atoms with van der Waals surface area (Å²) in [5, 5.41) is 2.53. The number of ether oxygens (including phenoxy) is 1. The number of benzene rings is 2. The number of amides is 1. The zero-order valence-corrected chi connectivity index (χ0v) is 17.2. The van der Waals surface area contributed by atoms with Crippen molar-refractivity contribution in [2.45, 2.75) is 30.6 Å². The van der Waals surface area contributed by atoms with Gasteiger partial charge in [0.15, 0.2) is 6.61 Å². The highest BCUT2D eigenvalue weighted by atomic mass is 32.2. The second-order valence-electron chi connectivity index (χ2n) is 6.97. The molecule has 0 radical (unpaired) electrons. The highest BCUT2D eigenvalue weighted by Gasteiger charge is 2.25. The molecule has 160 valence electrons. The van der Waals surface area contributed by atoms with Gasteiger partial charge in [0.1, 0.15) is 5.82 Å². The number of carbonyl (C=O) groups excluding carboxylic acids is 2. The molecule has 0 unspecified atom stereocenters. The molecule has 0 aromatic heterocycles. The van der Waals surface area contributed by atoms with Crippen LogP contribution in [-0.4, -0.2) is 44.3 Å². The molecule has 0 atom stereocenters. The SMILES string of the molecule is O=C(COC(=O)Cc1ccccc1F)Nc1ccc(S(=O)(=O)N2CCCCC2)cc1. The van der Waals surface area contributed by atoms with Crippen molar-refractivity contribution in [3.05, 3.63) is 59.9 Å². The van der Waals surface area contributed by atoms with Crippen molar-refractivity contribution in [2.75, 3.05) is 25.0 Å². The Kier molecular flexibility index (Phi) is 7.17. The molecular weight excluding hydrogens is 411 g/mol. The molecule has 0 bridgehead atoms. The Labute approximate surface area is 174 Å². The molecule has 30 heavy (non-hydrogen) atoms. The van der Waals surface area contributed by atoms with Crippen LogP contribution in [0.15, 0.2) is 53.4 Å². The van der Waals surface area contributed by atoms with E-state index in [4.69, 9.17) is 4.74 Å². The van der Waals surface area contributed by atoms with E-state index in [0.717, 1.165) is 19.3 Å². The molecule has 3 rings (SSSR count). The maximum atomic E-state index is 13.5. The molecule has 0 aliphatic carbocycles. The maximum Gasteiger partial charge on any atom is 0.310 e. The summed E-state index contributed by atoms with van der Waals surface area (Å²) in [4.78, 5) is 23.9. The number of piperidine rings is 1. The largest absolute Gasteiger partial charge is 0.455 e. The number of anilines is 1. The van der Waals surface area contributed by atoms with Gasteiger partial charge in [-0.25, -0.2) is 12.8 Å². The van der Waals surface area contributed by atoms with E-state index in [-0.39, 0.29) is 16.9 Å². The number of hydrogen-bond donors (Lipinski definition) is 1. The van der Waals surface area contributed by atoms with Crippen LogP contribution in [0.25, 0.3) is 0 Å². The van der Waals surface area contributed by atoms with Gasteiger partial charge in [-0.1, -0.05) is 24.6 Å². The van der Waals surface area contributed by atoms with Gasteiger partial charge in [0.25, 0.3) is 5.91 Å². The lowest BCUT2D eigenvalue weighted by Crippen LogP contribution is -2.35. The number of rotatable bonds is 7. The second kappa shape index (κ2) is 9.82. The fourth-order valence-corrected chi connectivity index (χ4v) is 4.67. The standard InChI is InChI=1S/C21H23FN2O5S/c22-19-7-3-2-6-16(19)14-21(26)29-15-20(25)23-17-8-10-18(11-9-17)30(27,28)24-12-4-1-5-13-24/h2-3,6-11H,1,4-5,12-15H2,(H,23,25). The summed E-state index contributed by atoms with van der Waals surface area (Å²) in [7, 11) is -3.54. The summed E-state index contributed by atoms with van der Waals surface area (Å²) < 4.78 is 45.1. The van der Waals surface area contributed by atoms with Crippen LogP contribution in [0.5, 0.6) is 0 Å². The van der Waals surface area contributed by atoms with Gasteiger partial charge in [-0.05, 0) is 48.7 Å². The number of halogens is 1. The van der Waals surface area contributed by atoms with E-state index in [2.05, 4.69) is 5.32 Å². The van der Waals surface area contributed by atoms with E-state index in [1.54, 1.807) is 6.07 Å².